The molecule has 32 heavy (non-hydrogen) atoms. The highest BCUT2D eigenvalue weighted by atomic mass is 79.9. The van der Waals surface area contributed by atoms with Gasteiger partial charge in [0.2, 0.25) is 0 Å². The van der Waals surface area contributed by atoms with Crippen molar-refractivity contribution in [3.05, 3.63) is 82.3 Å². The second kappa shape index (κ2) is 10.2. The van der Waals surface area contributed by atoms with Crippen LogP contribution < -0.4 is 13.8 Å². The fourth-order valence-corrected chi connectivity index (χ4v) is 4.65. The minimum Gasteiger partial charge on any atom is -0.494 e. The second-order valence-electron chi connectivity index (χ2n) is 7.10. The molecule has 0 bridgehead atoms. The van der Waals surface area contributed by atoms with Crippen LogP contribution in [0.4, 0.5) is 5.69 Å². The summed E-state index contributed by atoms with van der Waals surface area (Å²) >= 11 is 3.42. The topological polar surface area (TPSA) is 72.9 Å². The van der Waals surface area contributed by atoms with Gasteiger partial charge in [0.05, 0.1) is 17.2 Å². The highest BCUT2D eigenvalue weighted by Gasteiger charge is 2.31. The quantitative estimate of drug-likeness (QED) is 0.407. The first kappa shape index (κ1) is 23.8. The highest BCUT2D eigenvalue weighted by Crippen LogP contribution is 2.27. The molecule has 168 valence electrons. The van der Waals surface area contributed by atoms with Crippen molar-refractivity contribution >= 4 is 37.5 Å². The molecule has 6 nitrogen and oxygen atoms in total. The minimum absolute atomic E-state index is 0.0184. The first-order valence-corrected chi connectivity index (χ1v) is 12.2. The predicted octanol–water partition coefficient (Wildman–Crippen LogP) is 5.27. The van der Waals surface area contributed by atoms with Gasteiger partial charge in [-0.25, -0.2) is 8.42 Å². The van der Waals surface area contributed by atoms with E-state index in [0.717, 1.165) is 19.9 Å². The van der Waals surface area contributed by atoms with E-state index in [1.54, 1.807) is 48.5 Å². The number of ether oxygens (including phenoxy) is 2. The molecule has 3 rings (SSSR count). The smallest absolute Gasteiger partial charge is 0.278 e. The fourth-order valence-electron chi connectivity index (χ4n) is 2.99. The second-order valence-corrected chi connectivity index (χ2v) is 9.74. The lowest BCUT2D eigenvalue weighted by molar-refractivity contribution is -0.119. The van der Waals surface area contributed by atoms with Gasteiger partial charge in [-0.1, -0.05) is 33.6 Å². The van der Waals surface area contributed by atoms with Gasteiger partial charge < -0.3 is 9.47 Å². The van der Waals surface area contributed by atoms with Crippen molar-refractivity contribution in [2.24, 2.45) is 0 Å². The predicted molar refractivity (Wildman–Crippen MR) is 128 cm³/mol. The summed E-state index contributed by atoms with van der Waals surface area (Å²) in [6.45, 7) is 5.64. The molecule has 3 aromatic carbocycles. The Hall–Kier alpha value is -2.84. The summed E-state index contributed by atoms with van der Waals surface area (Å²) in [5.41, 5.74) is 2.05. The van der Waals surface area contributed by atoms with Crippen molar-refractivity contribution in [1.82, 2.24) is 0 Å². The van der Waals surface area contributed by atoms with Gasteiger partial charge in [0.25, 0.3) is 15.9 Å². The molecule has 0 aliphatic rings. The summed E-state index contributed by atoms with van der Waals surface area (Å²) in [5.74, 6) is 0.340. The molecule has 0 saturated heterocycles. The Bertz CT molecular complexity index is 1190. The Morgan fingerprint density at radius 3 is 2.12 bits per heavy atom. The van der Waals surface area contributed by atoms with E-state index in [9.17, 15) is 13.2 Å². The molecule has 8 heteroatoms. The average Bonchev–Trinajstić information content (AvgIpc) is 2.76. The summed E-state index contributed by atoms with van der Waals surface area (Å²) in [5, 5.41) is 0. The molecule has 0 fully saturated rings. The molecule has 0 heterocycles. The number of benzene rings is 3. The molecule has 3 aromatic rings. The number of hydrogen-bond acceptors (Lipinski definition) is 5. The molecule has 0 aliphatic carbocycles. The van der Waals surface area contributed by atoms with Crippen LogP contribution in [0.2, 0.25) is 0 Å². The molecular formula is C24H24BrNO5S. The van der Waals surface area contributed by atoms with Crippen LogP contribution in [0, 0.1) is 13.8 Å². The molecular weight excluding hydrogens is 494 g/mol. The molecule has 0 spiro atoms. The van der Waals surface area contributed by atoms with Crippen LogP contribution in [0.1, 0.15) is 18.1 Å². The summed E-state index contributed by atoms with van der Waals surface area (Å²) in [7, 11) is -4.16. The van der Waals surface area contributed by atoms with Crippen molar-refractivity contribution < 1.29 is 22.7 Å². The number of hydrogen-bond donors (Lipinski definition) is 0. The first-order chi connectivity index (χ1) is 15.2. The Morgan fingerprint density at radius 2 is 1.53 bits per heavy atom. The largest absolute Gasteiger partial charge is 0.494 e. The van der Waals surface area contributed by atoms with E-state index in [0.29, 0.717) is 18.1 Å². The van der Waals surface area contributed by atoms with Gasteiger partial charge in [0.1, 0.15) is 11.5 Å². The molecule has 0 saturated carbocycles. The van der Waals surface area contributed by atoms with E-state index >= 15 is 0 Å². The number of amides is 1. The standard InChI is InChI=1S/C24H24BrNO5S/c1-4-30-20-9-7-19(8-10-20)26(32(28,29)22-12-5-17(2)6-13-22)24(27)16-31-21-11-14-23(25)18(3)15-21/h5-15H,4,16H2,1-3H3. The maximum atomic E-state index is 13.4. The maximum Gasteiger partial charge on any atom is 0.278 e. The Kier molecular flexibility index (Phi) is 7.58. The number of sulfonamides is 1. The zero-order valence-electron chi connectivity index (χ0n) is 18.0. The summed E-state index contributed by atoms with van der Waals surface area (Å²) in [6, 6.07) is 18.0. The van der Waals surface area contributed by atoms with Crippen LogP contribution in [0.5, 0.6) is 11.5 Å². The number of anilines is 1. The third-order valence-corrected chi connectivity index (χ3v) is 7.31. The van der Waals surface area contributed by atoms with Crippen molar-refractivity contribution in [3.8, 4) is 11.5 Å². The molecule has 0 radical (unpaired) electrons. The number of carbonyl (C=O) groups excluding carboxylic acids is 1. The zero-order valence-corrected chi connectivity index (χ0v) is 20.4. The maximum absolute atomic E-state index is 13.4. The summed E-state index contributed by atoms with van der Waals surface area (Å²) in [6.07, 6.45) is 0. The Balaban J connectivity index is 1.94. The monoisotopic (exact) mass is 517 g/mol. The molecule has 0 aromatic heterocycles. The third-order valence-electron chi connectivity index (χ3n) is 4.66. The van der Waals surface area contributed by atoms with Crippen LogP contribution in [0.3, 0.4) is 0 Å². The third kappa shape index (κ3) is 5.49. The zero-order chi connectivity index (χ0) is 23.3. The highest BCUT2D eigenvalue weighted by molar-refractivity contribution is 9.10. The SMILES string of the molecule is CCOc1ccc(N(C(=O)COc2ccc(Br)c(C)c2)S(=O)(=O)c2ccc(C)cc2)cc1. The van der Waals surface area contributed by atoms with Gasteiger partial charge >= 0.3 is 0 Å². The van der Waals surface area contributed by atoms with Crippen molar-refractivity contribution in [2.75, 3.05) is 17.5 Å². The average molecular weight is 518 g/mol. The molecule has 0 atom stereocenters. The van der Waals surface area contributed by atoms with E-state index in [1.165, 1.54) is 12.1 Å². The van der Waals surface area contributed by atoms with Crippen molar-refractivity contribution in [2.45, 2.75) is 25.7 Å². The van der Waals surface area contributed by atoms with Gasteiger partial charge in [-0.3, -0.25) is 4.79 Å². The van der Waals surface area contributed by atoms with Crippen LogP contribution in [-0.4, -0.2) is 27.5 Å². The summed E-state index contributed by atoms with van der Waals surface area (Å²) < 4.78 is 39.6. The van der Waals surface area contributed by atoms with Crippen LogP contribution in [0.25, 0.3) is 0 Å². The van der Waals surface area contributed by atoms with E-state index in [2.05, 4.69) is 15.9 Å². The molecule has 1 amide bonds. The minimum atomic E-state index is -4.16. The normalized spacial score (nSPS) is 11.1. The molecule has 0 aliphatic heterocycles. The number of aryl methyl sites for hydroxylation is 2. The van der Waals surface area contributed by atoms with E-state index in [4.69, 9.17) is 9.47 Å². The molecule has 0 N–H and O–H groups in total. The lowest BCUT2D eigenvalue weighted by Crippen LogP contribution is -2.40. The van der Waals surface area contributed by atoms with Gasteiger partial charge in [0, 0.05) is 4.47 Å². The number of rotatable bonds is 8. The van der Waals surface area contributed by atoms with Gasteiger partial charge in [-0.15, -0.1) is 0 Å². The van der Waals surface area contributed by atoms with E-state index in [-0.39, 0.29) is 10.6 Å². The Morgan fingerprint density at radius 1 is 0.906 bits per heavy atom. The number of halogens is 1. The van der Waals surface area contributed by atoms with Gasteiger partial charge in [-0.05, 0) is 80.9 Å². The van der Waals surface area contributed by atoms with Gasteiger partial charge in [0.15, 0.2) is 6.61 Å². The number of nitrogens with zero attached hydrogens (tertiary/aromatic N) is 1. The molecule has 0 unspecified atom stereocenters. The van der Waals surface area contributed by atoms with E-state index < -0.39 is 22.5 Å². The van der Waals surface area contributed by atoms with Crippen LogP contribution >= 0.6 is 15.9 Å². The summed E-state index contributed by atoms with van der Waals surface area (Å²) in [4.78, 5) is 13.2. The lowest BCUT2D eigenvalue weighted by atomic mass is 10.2. The number of carbonyl (C=O) groups is 1. The van der Waals surface area contributed by atoms with Crippen LogP contribution in [0.15, 0.2) is 76.1 Å². The fraction of sp³-hybridized carbons (Fsp3) is 0.208. The Labute approximate surface area is 197 Å². The van der Waals surface area contributed by atoms with E-state index in [1.807, 2.05) is 26.8 Å². The van der Waals surface area contributed by atoms with Crippen LogP contribution in [-0.2, 0) is 14.8 Å². The van der Waals surface area contributed by atoms with Gasteiger partial charge in [-0.2, -0.15) is 4.31 Å². The first-order valence-electron chi connectivity index (χ1n) is 9.99. The van der Waals surface area contributed by atoms with Crippen molar-refractivity contribution in [3.63, 3.8) is 0 Å². The van der Waals surface area contributed by atoms with Crippen molar-refractivity contribution in [1.29, 1.82) is 0 Å². The lowest BCUT2D eigenvalue weighted by Gasteiger charge is -2.23.